The van der Waals surface area contributed by atoms with Crippen molar-refractivity contribution in [1.29, 1.82) is 0 Å². The van der Waals surface area contributed by atoms with Crippen LogP contribution in [0.3, 0.4) is 0 Å². The largest absolute Gasteiger partial charge is 0.444 e. The number of hydrogen-bond donors (Lipinski definition) is 1. The molecule has 0 aromatic heterocycles. The van der Waals surface area contributed by atoms with E-state index in [2.05, 4.69) is 5.32 Å². The van der Waals surface area contributed by atoms with Gasteiger partial charge in [-0.3, -0.25) is 10.1 Å². The predicted molar refractivity (Wildman–Crippen MR) is 114 cm³/mol. The average Bonchev–Trinajstić information content (AvgIpc) is 3.14. The van der Waals surface area contributed by atoms with Gasteiger partial charge in [0.25, 0.3) is 5.91 Å². The van der Waals surface area contributed by atoms with Crippen LogP contribution in [-0.2, 0) is 14.2 Å². The van der Waals surface area contributed by atoms with E-state index in [4.69, 9.17) is 14.2 Å². The van der Waals surface area contributed by atoms with Crippen molar-refractivity contribution in [2.45, 2.75) is 45.0 Å². The summed E-state index contributed by atoms with van der Waals surface area (Å²) in [5, 5.41) is 4.64. The molecule has 2 aromatic carbocycles. The number of likely N-dealkylation sites (tertiary alicyclic amines) is 1. The fraction of sp³-hybridized carbons (Fsp3) is 0.478. The van der Waals surface area contributed by atoms with Crippen LogP contribution in [0.4, 0.5) is 10.5 Å². The van der Waals surface area contributed by atoms with Gasteiger partial charge in [-0.25, -0.2) is 4.79 Å². The van der Waals surface area contributed by atoms with E-state index in [-0.39, 0.29) is 5.91 Å². The Labute approximate surface area is 176 Å². The zero-order chi connectivity index (χ0) is 21.4. The Morgan fingerprint density at radius 2 is 1.63 bits per heavy atom. The first kappa shape index (κ1) is 20.6. The molecule has 2 aliphatic rings. The summed E-state index contributed by atoms with van der Waals surface area (Å²) < 4.78 is 16.9. The van der Waals surface area contributed by atoms with E-state index < -0.39 is 17.5 Å². The maximum absolute atomic E-state index is 13.4. The summed E-state index contributed by atoms with van der Waals surface area (Å²) in [7, 11) is 0. The van der Waals surface area contributed by atoms with E-state index in [1.165, 1.54) is 0 Å². The zero-order valence-corrected chi connectivity index (χ0v) is 17.7. The lowest BCUT2D eigenvalue weighted by atomic mass is 10.0. The van der Waals surface area contributed by atoms with Gasteiger partial charge in [-0.05, 0) is 43.7 Å². The summed E-state index contributed by atoms with van der Waals surface area (Å²) >= 11 is 0. The number of nitrogens with one attached hydrogen (secondary N) is 1. The van der Waals surface area contributed by atoms with Gasteiger partial charge in [0.15, 0.2) is 5.79 Å². The molecule has 2 aromatic rings. The Morgan fingerprint density at radius 3 is 2.23 bits per heavy atom. The maximum atomic E-state index is 13.4. The minimum Gasteiger partial charge on any atom is -0.444 e. The quantitative estimate of drug-likeness (QED) is 0.801. The van der Waals surface area contributed by atoms with Crippen molar-refractivity contribution < 1.29 is 23.8 Å². The molecule has 2 amide bonds. The molecule has 0 radical (unpaired) electrons. The molecule has 160 valence electrons. The molecule has 1 N–H and O–H groups in total. The van der Waals surface area contributed by atoms with Crippen LogP contribution < -0.4 is 5.32 Å². The Kier molecular flexibility index (Phi) is 5.42. The number of hydrogen-bond acceptors (Lipinski definition) is 5. The molecular weight excluding hydrogens is 384 g/mol. The molecule has 7 heteroatoms. The molecule has 1 spiro atoms. The third-order valence-electron chi connectivity index (χ3n) is 5.38. The number of benzene rings is 2. The Morgan fingerprint density at radius 1 is 1.03 bits per heavy atom. The van der Waals surface area contributed by atoms with Crippen LogP contribution in [0.5, 0.6) is 0 Å². The average molecular weight is 412 g/mol. The van der Waals surface area contributed by atoms with E-state index in [1.54, 1.807) is 25.7 Å². The van der Waals surface area contributed by atoms with Gasteiger partial charge in [0, 0.05) is 25.9 Å². The number of fused-ring (bicyclic) bond motifs is 1. The second-order valence-corrected chi connectivity index (χ2v) is 8.77. The van der Waals surface area contributed by atoms with E-state index in [9.17, 15) is 9.59 Å². The van der Waals surface area contributed by atoms with Crippen LogP contribution in [0, 0.1) is 0 Å². The molecular formula is C23H28N2O5. The highest BCUT2D eigenvalue weighted by Crippen LogP contribution is 2.33. The van der Waals surface area contributed by atoms with Crippen molar-refractivity contribution in [1.82, 2.24) is 4.90 Å². The zero-order valence-electron chi connectivity index (χ0n) is 17.7. The molecule has 7 nitrogen and oxygen atoms in total. The van der Waals surface area contributed by atoms with Gasteiger partial charge in [0.1, 0.15) is 5.60 Å². The van der Waals surface area contributed by atoms with E-state index in [1.807, 2.05) is 36.4 Å². The van der Waals surface area contributed by atoms with Crippen molar-refractivity contribution in [2.75, 3.05) is 31.6 Å². The highest BCUT2D eigenvalue weighted by Gasteiger charge is 2.41. The molecule has 4 rings (SSSR count). The van der Waals surface area contributed by atoms with Crippen LogP contribution >= 0.6 is 0 Å². The smallest absolute Gasteiger partial charge is 0.412 e. The fourth-order valence-corrected chi connectivity index (χ4v) is 3.94. The van der Waals surface area contributed by atoms with Gasteiger partial charge < -0.3 is 19.1 Å². The minimum absolute atomic E-state index is 0.125. The summed E-state index contributed by atoms with van der Waals surface area (Å²) in [4.78, 5) is 27.6. The number of ether oxygens (including phenoxy) is 3. The van der Waals surface area contributed by atoms with Crippen molar-refractivity contribution in [3.8, 4) is 0 Å². The third-order valence-corrected chi connectivity index (χ3v) is 5.38. The van der Waals surface area contributed by atoms with E-state index in [0.29, 0.717) is 50.4 Å². The second-order valence-electron chi connectivity index (χ2n) is 8.77. The van der Waals surface area contributed by atoms with E-state index >= 15 is 0 Å². The van der Waals surface area contributed by atoms with Gasteiger partial charge in [-0.1, -0.05) is 24.3 Å². The number of anilines is 1. The number of carbonyl (C=O) groups is 2. The molecule has 0 bridgehead atoms. The molecule has 0 unspecified atom stereocenters. The summed E-state index contributed by atoms with van der Waals surface area (Å²) in [5.74, 6) is -0.669. The maximum Gasteiger partial charge on any atom is 0.412 e. The molecule has 30 heavy (non-hydrogen) atoms. The monoisotopic (exact) mass is 412 g/mol. The molecule has 0 saturated carbocycles. The molecule has 0 aliphatic carbocycles. The highest BCUT2D eigenvalue weighted by molar-refractivity contribution is 6.07. The lowest BCUT2D eigenvalue weighted by Gasteiger charge is -2.37. The number of piperidine rings is 1. The SMILES string of the molecule is CC(C)(C)OC(=O)Nc1cc2ccccc2cc1C(=O)N1CCC2(CC1)OCCO2. The summed E-state index contributed by atoms with van der Waals surface area (Å²) in [6.45, 7) is 7.68. The standard InChI is InChI=1S/C23H28N2O5/c1-22(2,3)30-21(27)24-19-15-17-7-5-4-6-16(17)14-18(19)20(26)25-10-8-23(9-11-25)28-12-13-29-23/h4-7,14-15H,8-13H2,1-3H3,(H,24,27). The lowest BCUT2D eigenvalue weighted by molar-refractivity contribution is -0.181. The van der Waals surface area contributed by atoms with Crippen molar-refractivity contribution in [2.24, 2.45) is 0 Å². The van der Waals surface area contributed by atoms with Crippen LogP contribution in [0.2, 0.25) is 0 Å². The first-order valence-corrected chi connectivity index (χ1v) is 10.3. The first-order chi connectivity index (χ1) is 14.2. The van der Waals surface area contributed by atoms with Gasteiger partial charge in [0.05, 0.1) is 24.5 Å². The first-order valence-electron chi connectivity index (χ1n) is 10.3. The normalized spacial score (nSPS) is 18.6. The van der Waals surface area contributed by atoms with Gasteiger partial charge in [0.2, 0.25) is 0 Å². The van der Waals surface area contributed by atoms with E-state index in [0.717, 1.165) is 10.8 Å². The molecule has 2 saturated heterocycles. The molecule has 0 atom stereocenters. The number of carbonyl (C=O) groups excluding carboxylic acids is 2. The molecule has 2 fully saturated rings. The van der Waals surface area contributed by atoms with Gasteiger partial charge in [-0.2, -0.15) is 0 Å². The van der Waals surface area contributed by atoms with Gasteiger partial charge in [-0.15, -0.1) is 0 Å². The summed E-state index contributed by atoms with van der Waals surface area (Å²) in [6, 6.07) is 11.4. The molecule has 2 aliphatic heterocycles. The van der Waals surface area contributed by atoms with Crippen LogP contribution in [0.15, 0.2) is 36.4 Å². The lowest BCUT2D eigenvalue weighted by Crippen LogP contribution is -2.47. The van der Waals surface area contributed by atoms with Gasteiger partial charge >= 0.3 is 6.09 Å². The molecule has 2 heterocycles. The van der Waals surface area contributed by atoms with Crippen molar-refractivity contribution >= 4 is 28.5 Å². The Bertz CT molecular complexity index is 950. The topological polar surface area (TPSA) is 77.1 Å². The number of nitrogens with zero attached hydrogens (tertiary/aromatic N) is 1. The number of amides is 2. The van der Waals surface area contributed by atoms with Crippen LogP contribution in [0.1, 0.15) is 44.0 Å². The number of rotatable bonds is 2. The third kappa shape index (κ3) is 4.42. The Hall–Kier alpha value is -2.64. The minimum atomic E-state index is -0.631. The summed E-state index contributed by atoms with van der Waals surface area (Å²) in [6.07, 6.45) is 0.694. The summed E-state index contributed by atoms with van der Waals surface area (Å²) in [5.41, 5.74) is 0.262. The van der Waals surface area contributed by atoms with Crippen molar-refractivity contribution in [3.05, 3.63) is 42.0 Å². The van der Waals surface area contributed by atoms with Crippen LogP contribution in [-0.4, -0.2) is 54.6 Å². The second kappa shape index (κ2) is 7.89. The van der Waals surface area contributed by atoms with Crippen LogP contribution in [0.25, 0.3) is 10.8 Å². The van der Waals surface area contributed by atoms with Crippen molar-refractivity contribution in [3.63, 3.8) is 0 Å². The fourth-order valence-electron chi connectivity index (χ4n) is 3.94. The predicted octanol–water partition coefficient (Wildman–Crippen LogP) is 4.17. The highest BCUT2D eigenvalue weighted by atomic mass is 16.7. The Balaban J connectivity index is 1.59.